The van der Waals surface area contributed by atoms with Crippen LogP contribution in [-0.2, 0) is 18.4 Å². The molecule has 5 heterocycles. The highest BCUT2D eigenvalue weighted by atomic mass is 16.3. The molecule has 0 saturated heterocycles. The van der Waals surface area contributed by atoms with Crippen molar-refractivity contribution in [3.8, 4) is 22.5 Å². The van der Waals surface area contributed by atoms with Gasteiger partial charge in [0, 0.05) is 46.7 Å². The molecule has 3 heteroatoms. The number of aryl methyl sites for hydroxylation is 2. The highest BCUT2D eigenvalue weighted by Crippen LogP contribution is 2.71. The van der Waals surface area contributed by atoms with Gasteiger partial charge in [-0.3, -0.25) is 0 Å². The maximum atomic E-state index is 6.76. The molecule has 4 aliphatic rings. The fourth-order valence-electron chi connectivity index (χ4n) is 8.10. The molecule has 0 amide bonds. The van der Waals surface area contributed by atoms with Gasteiger partial charge in [0.05, 0.1) is 11.1 Å². The van der Waals surface area contributed by atoms with Gasteiger partial charge in [-0.15, -0.1) is 0 Å². The van der Waals surface area contributed by atoms with Crippen molar-refractivity contribution in [3.63, 3.8) is 0 Å². The fourth-order valence-corrected chi connectivity index (χ4v) is 8.10. The average molecular weight is 483 g/mol. The molecule has 0 radical (unpaired) electrons. The minimum Gasteiger partial charge on any atom is -0.460 e. The summed E-state index contributed by atoms with van der Waals surface area (Å²) in [5.74, 6) is 2.08. The van der Waals surface area contributed by atoms with E-state index in [-0.39, 0.29) is 5.54 Å². The molecule has 3 nitrogen and oxygen atoms in total. The predicted octanol–water partition coefficient (Wildman–Crippen LogP) is 6.75. The third-order valence-electron chi connectivity index (χ3n) is 9.74. The van der Waals surface area contributed by atoms with E-state index in [2.05, 4.69) is 102 Å². The molecule has 9 rings (SSSR count). The molecule has 3 aromatic heterocycles. The summed E-state index contributed by atoms with van der Waals surface area (Å²) in [6.45, 7) is 4.60. The van der Waals surface area contributed by atoms with Crippen molar-refractivity contribution in [1.82, 2.24) is 0 Å². The Labute approximate surface area is 217 Å². The summed E-state index contributed by atoms with van der Waals surface area (Å²) < 4.78 is 12.0. The third kappa shape index (κ3) is 2.31. The van der Waals surface area contributed by atoms with Gasteiger partial charge in [0.15, 0.2) is 12.4 Å². The van der Waals surface area contributed by atoms with E-state index in [4.69, 9.17) is 4.42 Å². The van der Waals surface area contributed by atoms with E-state index in [0.717, 1.165) is 18.4 Å². The SMILES string of the molecule is CC(C)c1ccc2[n+](c1)C1(c3ccc4c5c(oc4c3-2)CCCC5)C2c3ccccc3-c3cccc[n+]3C21. The van der Waals surface area contributed by atoms with Crippen LogP contribution in [0.5, 0.6) is 0 Å². The van der Waals surface area contributed by atoms with Crippen molar-refractivity contribution in [1.29, 1.82) is 0 Å². The lowest BCUT2D eigenvalue weighted by molar-refractivity contribution is -0.772. The Balaban J connectivity index is 1.40. The van der Waals surface area contributed by atoms with Crippen LogP contribution in [0.1, 0.15) is 72.6 Å². The first kappa shape index (κ1) is 20.4. The molecule has 1 fully saturated rings. The van der Waals surface area contributed by atoms with E-state index in [9.17, 15) is 0 Å². The van der Waals surface area contributed by atoms with Crippen molar-refractivity contribution >= 4 is 11.0 Å². The molecule has 37 heavy (non-hydrogen) atoms. The number of rotatable bonds is 1. The van der Waals surface area contributed by atoms with Gasteiger partial charge in [0.2, 0.25) is 17.4 Å². The number of aromatic nitrogens is 2. The van der Waals surface area contributed by atoms with Gasteiger partial charge in [0.1, 0.15) is 17.3 Å². The Hall–Kier alpha value is -3.72. The van der Waals surface area contributed by atoms with E-state index in [1.54, 1.807) is 0 Å². The molecular weight excluding hydrogens is 452 g/mol. The van der Waals surface area contributed by atoms with Crippen LogP contribution in [0, 0.1) is 0 Å². The first-order valence-electron chi connectivity index (χ1n) is 13.9. The van der Waals surface area contributed by atoms with Crippen molar-refractivity contribution in [2.45, 2.75) is 62.9 Å². The number of hydrogen-bond donors (Lipinski definition) is 0. The van der Waals surface area contributed by atoms with Gasteiger partial charge >= 0.3 is 0 Å². The van der Waals surface area contributed by atoms with Crippen molar-refractivity contribution in [2.24, 2.45) is 0 Å². The maximum Gasteiger partial charge on any atom is 0.269 e. The van der Waals surface area contributed by atoms with Crippen LogP contribution >= 0.6 is 0 Å². The molecule has 0 N–H and O–H groups in total. The van der Waals surface area contributed by atoms with Crippen LogP contribution in [0.15, 0.2) is 83.5 Å². The lowest BCUT2D eigenvalue weighted by Gasteiger charge is -2.11. The number of benzene rings is 2. The molecule has 2 aliphatic carbocycles. The standard InChI is InChI=1S/C34H30N2O/c1-20(2)21-14-17-28-30-26(16-15-25-23-10-5-6-13-29(23)37-32(25)30)34(36(28)19-21)31-24-11-4-3-9-22(24)27-12-7-8-18-35(27)33(31)34/h3-4,7-9,11-12,14-20,31,33H,5-6,10,13H2,1-2H3/q+2. The van der Waals surface area contributed by atoms with Gasteiger partial charge in [-0.1, -0.05) is 44.2 Å². The topological polar surface area (TPSA) is 20.9 Å². The minimum absolute atomic E-state index is 0.148. The van der Waals surface area contributed by atoms with Crippen LogP contribution in [0.25, 0.3) is 33.5 Å². The summed E-state index contributed by atoms with van der Waals surface area (Å²) in [4.78, 5) is 0. The van der Waals surface area contributed by atoms with Gasteiger partial charge in [-0.2, -0.15) is 9.13 Å². The maximum absolute atomic E-state index is 6.76. The Kier molecular flexibility index (Phi) is 3.73. The second kappa shape index (κ2) is 6.77. The number of fused-ring (bicyclic) bond motifs is 17. The molecule has 3 atom stereocenters. The van der Waals surface area contributed by atoms with Crippen LogP contribution in [0.4, 0.5) is 0 Å². The van der Waals surface area contributed by atoms with Crippen molar-refractivity contribution in [3.05, 3.63) is 107 Å². The summed E-state index contributed by atoms with van der Waals surface area (Å²) in [5, 5.41) is 1.34. The first-order chi connectivity index (χ1) is 18.2. The zero-order valence-corrected chi connectivity index (χ0v) is 21.4. The Morgan fingerprint density at radius 3 is 2.68 bits per heavy atom. The van der Waals surface area contributed by atoms with E-state index in [1.165, 1.54) is 68.8 Å². The number of hydrogen-bond acceptors (Lipinski definition) is 1. The fraction of sp³-hybridized carbons (Fsp3) is 0.294. The van der Waals surface area contributed by atoms with E-state index in [0.29, 0.717) is 17.9 Å². The zero-order valence-electron chi connectivity index (χ0n) is 21.4. The Morgan fingerprint density at radius 2 is 1.76 bits per heavy atom. The minimum atomic E-state index is -0.148. The molecule has 1 saturated carbocycles. The average Bonchev–Trinajstić information content (AvgIpc) is 3.37. The molecular formula is C34H30N2O+2. The normalized spacial score (nSPS) is 23.9. The Morgan fingerprint density at radius 1 is 0.892 bits per heavy atom. The third-order valence-corrected chi connectivity index (χ3v) is 9.74. The lowest BCUT2D eigenvalue weighted by atomic mass is 9.91. The highest BCUT2D eigenvalue weighted by Gasteiger charge is 2.86. The van der Waals surface area contributed by atoms with Crippen LogP contribution in [0.2, 0.25) is 0 Å². The van der Waals surface area contributed by atoms with Gasteiger partial charge in [0.25, 0.3) is 5.54 Å². The van der Waals surface area contributed by atoms with Crippen molar-refractivity contribution in [2.75, 3.05) is 0 Å². The zero-order chi connectivity index (χ0) is 24.5. The largest absolute Gasteiger partial charge is 0.460 e. The summed E-state index contributed by atoms with van der Waals surface area (Å²) in [6, 6.07) is 25.6. The number of nitrogens with zero attached hydrogens (tertiary/aromatic N) is 2. The second-order valence-corrected chi connectivity index (χ2v) is 11.8. The van der Waals surface area contributed by atoms with Crippen molar-refractivity contribution < 1.29 is 13.6 Å². The van der Waals surface area contributed by atoms with Crippen LogP contribution in [-0.4, -0.2) is 0 Å². The Bertz CT molecular complexity index is 1740. The van der Waals surface area contributed by atoms with E-state index >= 15 is 0 Å². The molecule has 2 aliphatic heterocycles. The van der Waals surface area contributed by atoms with Gasteiger partial charge in [-0.25, -0.2) is 0 Å². The molecule has 2 aromatic carbocycles. The van der Waals surface area contributed by atoms with Gasteiger partial charge < -0.3 is 4.42 Å². The molecule has 3 unspecified atom stereocenters. The van der Waals surface area contributed by atoms with Crippen LogP contribution < -0.4 is 9.13 Å². The smallest absolute Gasteiger partial charge is 0.269 e. The van der Waals surface area contributed by atoms with Crippen LogP contribution in [0.3, 0.4) is 0 Å². The predicted molar refractivity (Wildman–Crippen MR) is 144 cm³/mol. The summed E-state index contributed by atoms with van der Waals surface area (Å²) in [6.07, 6.45) is 9.46. The number of furan rings is 1. The second-order valence-electron chi connectivity index (χ2n) is 11.8. The molecule has 5 aromatic rings. The van der Waals surface area contributed by atoms with Gasteiger partial charge in [-0.05, 0) is 48.9 Å². The molecule has 180 valence electrons. The quantitative estimate of drug-likeness (QED) is 0.242. The first-order valence-corrected chi connectivity index (χ1v) is 13.9. The monoisotopic (exact) mass is 482 g/mol. The summed E-state index contributed by atoms with van der Waals surface area (Å²) in [7, 11) is 0. The highest BCUT2D eigenvalue weighted by molar-refractivity contribution is 5.97. The van der Waals surface area contributed by atoms with E-state index in [1.807, 2.05) is 0 Å². The number of pyridine rings is 2. The molecule has 0 bridgehead atoms. The molecule has 1 spiro atoms. The summed E-state index contributed by atoms with van der Waals surface area (Å²) >= 11 is 0. The lowest BCUT2D eigenvalue weighted by Crippen LogP contribution is -2.51. The van der Waals surface area contributed by atoms with E-state index < -0.39 is 0 Å². The summed E-state index contributed by atoms with van der Waals surface area (Å²) in [5.41, 5.74) is 12.0.